The molecule has 9 heterocycles. The molecule has 20 heteroatoms. The van der Waals surface area contributed by atoms with E-state index in [0.29, 0.717) is 70.1 Å². The number of carbonyl (C=O) groups excluding carboxylic acids is 3. The number of β-amino-alcohol motifs (C(OH)–C–C–N with tert-alkyl or cyclic N) is 3. The van der Waals surface area contributed by atoms with Gasteiger partial charge in [0.25, 0.3) is 0 Å². The van der Waals surface area contributed by atoms with Crippen LogP contribution in [0, 0.1) is 17.8 Å². The number of pyridine rings is 1. The zero-order chi connectivity index (χ0) is 65.6. The van der Waals surface area contributed by atoms with E-state index < -0.39 is 12.2 Å². The number of hydrogen-bond donors (Lipinski definition) is 6. The molecular formula is C74H102N14O6. The number of nitrogens with one attached hydrogen (secondary N) is 3. The zero-order valence-electron chi connectivity index (χ0n) is 55.8. The molecule has 3 aromatic carbocycles. The highest BCUT2D eigenvalue weighted by molar-refractivity contribution is 5.74. The number of likely N-dealkylation sites (tertiary alicyclic amines) is 3. The van der Waals surface area contributed by atoms with E-state index in [1.807, 2.05) is 33.0 Å². The minimum absolute atomic E-state index is 0.145. The van der Waals surface area contributed by atoms with Gasteiger partial charge >= 0.3 is 0 Å². The van der Waals surface area contributed by atoms with Crippen molar-refractivity contribution in [1.82, 2.24) is 70.3 Å². The molecular weight excluding hydrogens is 1180 g/mol. The first kappa shape index (κ1) is 69.8. The van der Waals surface area contributed by atoms with Gasteiger partial charge in [0.1, 0.15) is 12.7 Å². The Kier molecular flexibility index (Phi) is 26.5. The number of fused-ring (bicyclic) bond motifs is 3. The first-order valence-corrected chi connectivity index (χ1v) is 34.5. The Hall–Kier alpha value is -6.98. The van der Waals surface area contributed by atoms with E-state index in [2.05, 4.69) is 140 Å². The number of amides is 3. The highest BCUT2D eigenvalue weighted by Gasteiger charge is 2.30. The van der Waals surface area contributed by atoms with Crippen LogP contribution in [0.25, 0.3) is 0 Å². The van der Waals surface area contributed by atoms with Gasteiger partial charge in [-0.2, -0.15) is 0 Å². The summed E-state index contributed by atoms with van der Waals surface area (Å²) in [6.07, 6.45) is 14.0. The van der Waals surface area contributed by atoms with E-state index in [1.165, 1.54) is 38.9 Å². The Bertz CT molecular complexity index is 3210. The van der Waals surface area contributed by atoms with Crippen LogP contribution >= 0.6 is 0 Å². The van der Waals surface area contributed by atoms with E-state index >= 15 is 0 Å². The van der Waals surface area contributed by atoms with E-state index in [4.69, 9.17) is 0 Å². The first-order valence-electron chi connectivity index (χ1n) is 34.5. The summed E-state index contributed by atoms with van der Waals surface area (Å²) in [6.45, 7) is 21.4. The Morgan fingerprint density at radius 1 is 0.426 bits per heavy atom. The smallest absolute Gasteiger partial charge is 0.219 e. The standard InChI is InChI=1S/C26H36N4O2.C25H35N5O2.C23H31N5O2/c1-20(31)30-12-7-21(8-13-30)14-25-15-22(6-10-28-25)16-27-17-26(32)19-29-11-9-23-4-2-3-5-24(23)18-29;1-19(31)30-10-6-20(7-11-30)12-23-13-24(28-18-27-23)14-26-15-25(32)17-29-9-8-21-4-2-3-5-22(21)16-29;1-17(29)28-12-18(13-28)8-21-9-22(26-16-25-21)10-24-11-23(30)15-27-7-6-19-4-2-3-5-20(19)14-27/h2-6,10,15,21,26-27,32H,7-9,11-14,16-19H2,1H3;2-5,13,18,20,25-26,32H,6-12,14-17H2,1H3;2-5,9,16,18,23-24,30H,6-8,10-15H2,1H3. The van der Waals surface area contributed by atoms with Gasteiger partial charge in [0, 0.05) is 181 Å². The van der Waals surface area contributed by atoms with Gasteiger partial charge in [-0.3, -0.25) is 34.1 Å². The van der Waals surface area contributed by atoms with Crippen LogP contribution in [0.4, 0.5) is 0 Å². The van der Waals surface area contributed by atoms with Crippen molar-refractivity contribution < 1.29 is 29.7 Å². The second kappa shape index (κ2) is 35.7. The molecule has 504 valence electrons. The molecule has 0 bridgehead atoms. The van der Waals surface area contributed by atoms with Gasteiger partial charge in [-0.15, -0.1) is 0 Å². The van der Waals surface area contributed by atoms with Gasteiger partial charge in [-0.25, -0.2) is 19.9 Å². The number of aliphatic hydroxyl groups is 3. The number of rotatable bonds is 24. The molecule has 0 aliphatic carbocycles. The average Bonchev–Trinajstić information content (AvgIpc) is 1.25. The highest BCUT2D eigenvalue weighted by atomic mass is 16.3. The SMILES string of the molecule is CC(=O)N1CC(Cc2cc(CNCC(O)CN3CCc4ccccc4C3)ncn2)C1.CC(=O)N1CCC(Cc2cc(CNCC(O)CN3CCc4ccccc4C3)ccn2)CC1.CC(=O)N1CCC(Cc2cc(CNCC(O)CN3CCc4ccccc4C3)ncn2)CC1. The largest absolute Gasteiger partial charge is 0.390 e. The van der Waals surface area contributed by atoms with Crippen LogP contribution in [0.3, 0.4) is 0 Å². The van der Waals surface area contributed by atoms with Crippen molar-refractivity contribution in [1.29, 1.82) is 0 Å². The number of carbonyl (C=O) groups is 3. The van der Waals surface area contributed by atoms with E-state index in [-0.39, 0.29) is 23.8 Å². The third kappa shape index (κ3) is 22.0. The molecule has 0 radical (unpaired) electrons. The average molecular weight is 1280 g/mol. The number of nitrogens with zero attached hydrogens (tertiary/aromatic N) is 11. The summed E-state index contributed by atoms with van der Waals surface area (Å²) >= 11 is 0. The summed E-state index contributed by atoms with van der Waals surface area (Å²) < 4.78 is 0. The van der Waals surface area contributed by atoms with Crippen LogP contribution in [0.2, 0.25) is 0 Å². The van der Waals surface area contributed by atoms with Gasteiger partial charge < -0.3 is 46.0 Å². The summed E-state index contributed by atoms with van der Waals surface area (Å²) in [4.78, 5) is 69.1. The van der Waals surface area contributed by atoms with Crippen LogP contribution in [-0.2, 0) is 92.2 Å². The summed E-state index contributed by atoms with van der Waals surface area (Å²) in [5.74, 6) is 2.15. The number of benzene rings is 3. The van der Waals surface area contributed by atoms with Gasteiger partial charge in [0.2, 0.25) is 17.7 Å². The summed E-state index contributed by atoms with van der Waals surface area (Å²) in [6, 6.07) is 34.1. The van der Waals surface area contributed by atoms with E-state index in [0.717, 1.165) is 178 Å². The second-order valence-corrected chi connectivity index (χ2v) is 27.1. The molecule has 3 saturated heterocycles. The van der Waals surface area contributed by atoms with Gasteiger partial charge in [0.15, 0.2) is 0 Å². The highest BCUT2D eigenvalue weighted by Crippen LogP contribution is 2.26. The Morgan fingerprint density at radius 3 is 1.17 bits per heavy atom. The van der Waals surface area contributed by atoms with Crippen molar-refractivity contribution in [2.75, 3.05) is 98.2 Å². The minimum Gasteiger partial charge on any atom is -0.390 e. The van der Waals surface area contributed by atoms with Crippen molar-refractivity contribution in [3.8, 4) is 0 Å². The molecule has 6 aliphatic rings. The van der Waals surface area contributed by atoms with E-state index in [1.54, 1.807) is 33.4 Å². The summed E-state index contributed by atoms with van der Waals surface area (Å²) in [5.41, 5.74) is 14.7. The monoisotopic (exact) mass is 1280 g/mol. The fourth-order valence-electron chi connectivity index (χ4n) is 14.1. The molecule has 3 atom stereocenters. The Balaban J connectivity index is 0.000000154. The minimum atomic E-state index is -0.413. The van der Waals surface area contributed by atoms with Gasteiger partial charge in [-0.05, 0) is 145 Å². The lowest BCUT2D eigenvalue weighted by Crippen LogP contribution is -2.49. The van der Waals surface area contributed by atoms with Crippen LogP contribution in [0.1, 0.15) is 114 Å². The van der Waals surface area contributed by atoms with Crippen molar-refractivity contribution in [3.63, 3.8) is 0 Å². The van der Waals surface area contributed by atoms with Crippen molar-refractivity contribution >= 4 is 17.7 Å². The lowest BCUT2D eigenvalue weighted by atomic mass is 9.91. The predicted octanol–water partition coefficient (Wildman–Crippen LogP) is 5.18. The molecule has 20 nitrogen and oxygen atoms in total. The number of aromatic nitrogens is 5. The predicted molar refractivity (Wildman–Crippen MR) is 365 cm³/mol. The number of hydrogen-bond acceptors (Lipinski definition) is 17. The maximum Gasteiger partial charge on any atom is 0.219 e. The molecule has 6 aromatic rings. The number of aliphatic hydroxyl groups excluding tert-OH is 3. The maximum atomic E-state index is 11.5. The van der Waals surface area contributed by atoms with Crippen LogP contribution in [0.15, 0.2) is 116 Å². The van der Waals surface area contributed by atoms with Gasteiger partial charge in [-0.1, -0.05) is 72.8 Å². The van der Waals surface area contributed by atoms with Crippen LogP contribution in [-0.4, -0.2) is 204 Å². The quantitative estimate of drug-likeness (QED) is 0.0458. The third-order valence-corrected chi connectivity index (χ3v) is 19.6. The van der Waals surface area contributed by atoms with Crippen molar-refractivity contribution in [2.45, 2.75) is 143 Å². The molecule has 0 spiro atoms. The summed E-state index contributed by atoms with van der Waals surface area (Å²) in [5, 5.41) is 41.5. The molecule has 3 amide bonds. The lowest BCUT2D eigenvalue weighted by Gasteiger charge is -2.38. The van der Waals surface area contributed by atoms with Crippen LogP contribution in [0.5, 0.6) is 0 Å². The van der Waals surface area contributed by atoms with Gasteiger partial charge in [0.05, 0.1) is 29.7 Å². The Labute approximate surface area is 557 Å². The van der Waals surface area contributed by atoms with E-state index in [9.17, 15) is 29.7 Å². The Morgan fingerprint density at radius 2 is 0.777 bits per heavy atom. The van der Waals surface area contributed by atoms with Crippen molar-refractivity contribution in [2.24, 2.45) is 17.8 Å². The normalized spacial score (nSPS) is 18.3. The molecule has 3 fully saturated rings. The second-order valence-electron chi connectivity index (χ2n) is 27.1. The fraction of sp³-hybridized carbons (Fsp3) is 0.541. The molecule has 6 aliphatic heterocycles. The molecule has 94 heavy (non-hydrogen) atoms. The maximum absolute atomic E-state index is 11.5. The molecule has 3 aromatic heterocycles. The third-order valence-electron chi connectivity index (χ3n) is 19.6. The topological polar surface area (TPSA) is 232 Å². The van der Waals surface area contributed by atoms with Crippen molar-refractivity contribution in [3.05, 3.63) is 183 Å². The first-order chi connectivity index (χ1) is 45.7. The molecule has 0 saturated carbocycles. The molecule has 12 rings (SSSR count). The lowest BCUT2D eigenvalue weighted by molar-refractivity contribution is -0.135. The summed E-state index contributed by atoms with van der Waals surface area (Å²) in [7, 11) is 0. The fourth-order valence-corrected chi connectivity index (χ4v) is 14.1. The molecule has 6 N–H and O–H groups in total. The number of piperidine rings is 2. The zero-order valence-corrected chi connectivity index (χ0v) is 55.8. The molecule has 3 unspecified atom stereocenters. The van der Waals surface area contributed by atoms with Crippen LogP contribution < -0.4 is 16.0 Å².